The number of carboxylic acids is 1. The minimum absolute atomic E-state index is 0.0274. The molecule has 168 valence electrons. The zero-order valence-corrected chi connectivity index (χ0v) is 18.3. The third kappa shape index (κ3) is 5.08. The minimum Gasteiger partial charge on any atom is -0.496 e. The van der Waals surface area contributed by atoms with Crippen LogP contribution in [0.15, 0.2) is 42.0 Å². The van der Waals surface area contributed by atoms with E-state index in [2.05, 4.69) is 10.6 Å². The number of nitrogens with one attached hydrogen (secondary N) is 2. The molecule has 3 N–H and O–H groups in total. The average Bonchev–Trinajstić information content (AvgIpc) is 3.15. The van der Waals surface area contributed by atoms with Crippen molar-refractivity contribution in [2.75, 3.05) is 17.7 Å². The molecule has 8 nitrogen and oxygen atoms in total. The lowest BCUT2D eigenvalue weighted by atomic mass is 9.93. The van der Waals surface area contributed by atoms with E-state index in [1.165, 1.54) is 7.11 Å². The first-order valence-corrected chi connectivity index (χ1v) is 10.2. The highest BCUT2D eigenvalue weighted by atomic mass is 16.5. The lowest BCUT2D eigenvalue weighted by Crippen LogP contribution is -2.22. The minimum atomic E-state index is -0.869. The van der Waals surface area contributed by atoms with E-state index in [1.807, 2.05) is 26.0 Å². The van der Waals surface area contributed by atoms with Gasteiger partial charge in [-0.25, -0.2) is 9.59 Å². The number of rotatable bonds is 8. The van der Waals surface area contributed by atoms with Crippen molar-refractivity contribution in [3.05, 3.63) is 64.2 Å². The van der Waals surface area contributed by atoms with E-state index in [9.17, 15) is 14.4 Å². The Morgan fingerprint density at radius 2 is 1.91 bits per heavy atom. The molecule has 8 heteroatoms. The highest BCUT2D eigenvalue weighted by molar-refractivity contribution is 6.08. The van der Waals surface area contributed by atoms with Crippen molar-refractivity contribution in [2.45, 2.75) is 39.7 Å². The van der Waals surface area contributed by atoms with E-state index in [0.29, 0.717) is 46.7 Å². The molecule has 0 atom stereocenters. The summed E-state index contributed by atoms with van der Waals surface area (Å²) in [6.07, 6.45) is 2.66. The number of amides is 2. The zero-order valence-electron chi connectivity index (χ0n) is 18.3. The summed E-state index contributed by atoms with van der Waals surface area (Å²) >= 11 is 0. The van der Waals surface area contributed by atoms with E-state index in [-0.39, 0.29) is 13.0 Å². The maximum atomic E-state index is 12.7. The number of fused-ring (bicyclic) bond motifs is 1. The van der Waals surface area contributed by atoms with Crippen molar-refractivity contribution in [1.29, 1.82) is 0 Å². The molecule has 0 aromatic heterocycles. The summed E-state index contributed by atoms with van der Waals surface area (Å²) in [5.74, 6) is -0.820. The summed E-state index contributed by atoms with van der Waals surface area (Å²) < 4.78 is 10.9. The average molecular weight is 438 g/mol. The summed E-state index contributed by atoms with van der Waals surface area (Å²) in [6.45, 7) is 3.80. The molecular formula is C24H26N2O6. The third-order valence-electron chi connectivity index (χ3n) is 5.33. The number of allylic oxidation sites excluding steroid dienone is 2. The van der Waals surface area contributed by atoms with Gasteiger partial charge >= 0.3 is 18.0 Å². The number of hydrogen-bond acceptors (Lipinski definition) is 5. The normalized spacial score (nSPS) is 12.7. The first kappa shape index (κ1) is 22.9. The molecule has 0 fully saturated rings. The molecule has 1 aliphatic heterocycles. The number of para-hydroxylation sites is 1. The molecule has 2 aromatic rings. The molecule has 1 aliphatic rings. The first-order chi connectivity index (χ1) is 15.3. The fourth-order valence-corrected chi connectivity index (χ4v) is 3.67. The Labute approximate surface area is 186 Å². The highest BCUT2D eigenvalue weighted by Gasteiger charge is 2.32. The first-order valence-electron chi connectivity index (χ1n) is 10.2. The Kier molecular flexibility index (Phi) is 7.14. The maximum absolute atomic E-state index is 12.7. The highest BCUT2D eigenvalue weighted by Crippen LogP contribution is 2.41. The predicted molar refractivity (Wildman–Crippen MR) is 120 cm³/mol. The van der Waals surface area contributed by atoms with Gasteiger partial charge in [-0.15, -0.1) is 0 Å². The fourth-order valence-electron chi connectivity index (χ4n) is 3.67. The molecule has 3 rings (SSSR count). The number of cyclic esters (lactones) is 1. The van der Waals surface area contributed by atoms with Crippen LogP contribution in [0.1, 0.15) is 46.8 Å². The molecule has 1 heterocycles. The van der Waals surface area contributed by atoms with Crippen LogP contribution in [0.5, 0.6) is 5.75 Å². The molecule has 0 aliphatic carbocycles. The number of esters is 1. The number of anilines is 2. The number of aliphatic carboxylic acids is 1. The lowest BCUT2D eigenvalue weighted by Gasteiger charge is -2.20. The van der Waals surface area contributed by atoms with Gasteiger partial charge in [-0.2, -0.15) is 0 Å². The van der Waals surface area contributed by atoms with E-state index < -0.39 is 18.0 Å². The Morgan fingerprint density at radius 1 is 1.19 bits per heavy atom. The van der Waals surface area contributed by atoms with Crippen molar-refractivity contribution in [2.24, 2.45) is 0 Å². The van der Waals surface area contributed by atoms with Crippen LogP contribution in [0, 0.1) is 6.92 Å². The van der Waals surface area contributed by atoms with Gasteiger partial charge < -0.3 is 25.2 Å². The third-order valence-corrected chi connectivity index (χ3v) is 5.33. The fraction of sp³-hybridized carbons (Fsp3) is 0.292. The molecule has 32 heavy (non-hydrogen) atoms. The molecular weight excluding hydrogens is 412 g/mol. The van der Waals surface area contributed by atoms with Crippen LogP contribution in [-0.2, 0) is 22.6 Å². The topological polar surface area (TPSA) is 114 Å². The molecule has 0 radical (unpaired) electrons. The van der Waals surface area contributed by atoms with E-state index in [1.54, 1.807) is 24.3 Å². The van der Waals surface area contributed by atoms with Crippen LogP contribution >= 0.6 is 0 Å². The molecule has 2 aromatic carbocycles. The Balaban J connectivity index is 2.00. The van der Waals surface area contributed by atoms with Gasteiger partial charge in [0.2, 0.25) is 0 Å². The summed E-state index contributed by atoms with van der Waals surface area (Å²) in [7, 11) is 1.53. The number of carbonyl (C=O) groups is 3. The van der Waals surface area contributed by atoms with Crippen LogP contribution in [0.4, 0.5) is 16.2 Å². The monoisotopic (exact) mass is 438 g/mol. The standard InChI is InChI=1S/C24H26N2O6/c1-14(10-12-19(27)28)9-11-17-21(26-24(30)25-16-7-5-4-6-8-16)20-18(13-32-23(20)29)15(2)22(17)31-3/h4-9H,10-13H2,1-3H3,(H,27,28)(H2,25,26,30)/b14-9+. The second-order valence-electron chi connectivity index (χ2n) is 7.53. The quantitative estimate of drug-likeness (QED) is 0.408. The lowest BCUT2D eigenvalue weighted by molar-refractivity contribution is -0.136. The van der Waals surface area contributed by atoms with Crippen LogP contribution < -0.4 is 15.4 Å². The maximum Gasteiger partial charge on any atom is 0.341 e. The number of hydrogen-bond donors (Lipinski definition) is 3. The molecule has 0 unspecified atom stereocenters. The number of methoxy groups -OCH3 is 1. The van der Waals surface area contributed by atoms with Crippen molar-refractivity contribution in [3.63, 3.8) is 0 Å². The number of carboxylic acid groups (broad SMARTS) is 1. The van der Waals surface area contributed by atoms with Crippen molar-refractivity contribution < 1.29 is 29.0 Å². The van der Waals surface area contributed by atoms with Gasteiger partial charge in [0, 0.05) is 23.2 Å². The number of benzene rings is 2. The number of carbonyl (C=O) groups excluding carboxylic acids is 2. The Morgan fingerprint density at radius 3 is 2.56 bits per heavy atom. The zero-order chi connectivity index (χ0) is 23.3. The van der Waals surface area contributed by atoms with E-state index >= 15 is 0 Å². The molecule has 0 saturated heterocycles. The Bertz CT molecular complexity index is 1080. The van der Waals surface area contributed by atoms with E-state index in [0.717, 1.165) is 11.1 Å². The van der Waals surface area contributed by atoms with Crippen LogP contribution in [-0.4, -0.2) is 30.2 Å². The SMILES string of the molecule is COc1c(C)c2c(c(NC(=O)Nc3ccccc3)c1C/C=C(\C)CCC(=O)O)C(=O)OC2. The molecule has 0 bridgehead atoms. The number of ether oxygens (including phenoxy) is 2. The Hall–Kier alpha value is -3.81. The van der Waals surface area contributed by atoms with Crippen molar-refractivity contribution in [3.8, 4) is 5.75 Å². The van der Waals surface area contributed by atoms with Gasteiger partial charge in [0.15, 0.2) is 0 Å². The predicted octanol–water partition coefficient (Wildman–Crippen LogP) is 4.67. The van der Waals surface area contributed by atoms with Gasteiger partial charge in [-0.1, -0.05) is 29.8 Å². The summed E-state index contributed by atoms with van der Waals surface area (Å²) in [6, 6.07) is 8.45. The van der Waals surface area contributed by atoms with Gasteiger partial charge in [-0.05, 0) is 44.4 Å². The second-order valence-corrected chi connectivity index (χ2v) is 7.53. The molecule has 2 amide bonds. The van der Waals surface area contributed by atoms with Crippen molar-refractivity contribution >= 4 is 29.3 Å². The summed E-state index contributed by atoms with van der Waals surface area (Å²) in [4.78, 5) is 36.1. The van der Waals surface area contributed by atoms with Gasteiger partial charge in [0.05, 0.1) is 18.4 Å². The number of urea groups is 1. The molecule has 0 spiro atoms. The van der Waals surface area contributed by atoms with Crippen LogP contribution in [0.2, 0.25) is 0 Å². The summed E-state index contributed by atoms with van der Waals surface area (Å²) in [5.41, 5.74) is 4.22. The van der Waals surface area contributed by atoms with Gasteiger partial charge in [0.25, 0.3) is 0 Å². The van der Waals surface area contributed by atoms with Crippen LogP contribution in [0.3, 0.4) is 0 Å². The summed E-state index contributed by atoms with van der Waals surface area (Å²) in [5, 5.41) is 14.5. The smallest absolute Gasteiger partial charge is 0.341 e. The van der Waals surface area contributed by atoms with Gasteiger partial charge in [0.1, 0.15) is 12.4 Å². The van der Waals surface area contributed by atoms with Crippen LogP contribution in [0.25, 0.3) is 0 Å². The van der Waals surface area contributed by atoms with Gasteiger partial charge in [-0.3, -0.25) is 4.79 Å². The second kappa shape index (κ2) is 10.00. The molecule has 0 saturated carbocycles. The largest absolute Gasteiger partial charge is 0.496 e. The van der Waals surface area contributed by atoms with Crippen molar-refractivity contribution in [1.82, 2.24) is 0 Å². The van der Waals surface area contributed by atoms with E-state index in [4.69, 9.17) is 14.6 Å².